The molecule has 148 valence electrons. The number of carbonyl (C=O) groups is 3. The molecule has 0 bridgehead atoms. The van der Waals surface area contributed by atoms with Gasteiger partial charge in [-0.25, -0.2) is 9.59 Å². The van der Waals surface area contributed by atoms with Gasteiger partial charge in [0.2, 0.25) is 0 Å². The monoisotopic (exact) mass is 409 g/mol. The van der Waals surface area contributed by atoms with E-state index in [2.05, 4.69) is 5.32 Å². The summed E-state index contributed by atoms with van der Waals surface area (Å²) in [6.45, 7) is 3.86. The van der Waals surface area contributed by atoms with E-state index in [1.54, 1.807) is 24.4 Å². The molecule has 0 atom stereocenters. The Balaban J connectivity index is 2.01. The van der Waals surface area contributed by atoms with Crippen LogP contribution in [0.1, 0.15) is 43.6 Å². The summed E-state index contributed by atoms with van der Waals surface area (Å²) in [5, 5.41) is 14.1. The van der Waals surface area contributed by atoms with E-state index < -0.39 is 17.8 Å². The van der Waals surface area contributed by atoms with Crippen LogP contribution in [0.5, 0.6) is 0 Å². The second kappa shape index (κ2) is 8.70. The first kappa shape index (κ1) is 20.3. The lowest BCUT2D eigenvalue weighted by Crippen LogP contribution is -2.17. The molecule has 0 aliphatic rings. The maximum absolute atomic E-state index is 12.7. The van der Waals surface area contributed by atoms with Gasteiger partial charge in [-0.1, -0.05) is 42.0 Å². The number of thiophene rings is 1. The molecule has 0 unspecified atom stereocenters. The molecule has 0 saturated heterocycles. The minimum Gasteiger partial charge on any atom is -0.478 e. The summed E-state index contributed by atoms with van der Waals surface area (Å²) in [7, 11) is 0. The zero-order valence-corrected chi connectivity index (χ0v) is 16.7. The van der Waals surface area contributed by atoms with Crippen molar-refractivity contribution >= 4 is 34.2 Å². The molecule has 1 heterocycles. The van der Waals surface area contributed by atoms with Crippen LogP contribution in [-0.4, -0.2) is 29.6 Å². The minimum atomic E-state index is -1.20. The number of carbonyl (C=O) groups excluding carboxylic acids is 2. The van der Waals surface area contributed by atoms with E-state index in [0.29, 0.717) is 10.6 Å². The highest BCUT2D eigenvalue weighted by molar-refractivity contribution is 7.15. The average Bonchev–Trinajstić information content (AvgIpc) is 3.12. The number of ether oxygens (including phenoxy) is 1. The fourth-order valence-corrected chi connectivity index (χ4v) is 3.79. The lowest BCUT2D eigenvalue weighted by molar-refractivity contribution is 0.0528. The van der Waals surface area contributed by atoms with Crippen molar-refractivity contribution in [3.05, 3.63) is 76.2 Å². The lowest BCUT2D eigenvalue weighted by Gasteiger charge is -2.10. The first-order chi connectivity index (χ1) is 13.9. The van der Waals surface area contributed by atoms with Gasteiger partial charge in [0, 0.05) is 10.9 Å². The molecule has 0 aliphatic heterocycles. The average molecular weight is 409 g/mol. The van der Waals surface area contributed by atoms with Gasteiger partial charge in [-0.05, 0) is 31.5 Å². The van der Waals surface area contributed by atoms with Crippen molar-refractivity contribution in [2.75, 3.05) is 11.9 Å². The van der Waals surface area contributed by atoms with Crippen molar-refractivity contribution in [3.63, 3.8) is 0 Å². The van der Waals surface area contributed by atoms with Gasteiger partial charge < -0.3 is 15.2 Å². The first-order valence-electron chi connectivity index (χ1n) is 8.91. The molecule has 1 amide bonds. The molecule has 6 nitrogen and oxygen atoms in total. The lowest BCUT2D eigenvalue weighted by atomic mass is 10.0. The Bertz CT molecular complexity index is 1070. The van der Waals surface area contributed by atoms with Gasteiger partial charge in [-0.15, -0.1) is 11.3 Å². The molecule has 29 heavy (non-hydrogen) atoms. The van der Waals surface area contributed by atoms with E-state index in [0.717, 1.165) is 11.1 Å². The summed E-state index contributed by atoms with van der Waals surface area (Å²) in [6.07, 6.45) is 0. The van der Waals surface area contributed by atoms with Gasteiger partial charge in [0.05, 0.1) is 17.7 Å². The van der Waals surface area contributed by atoms with Crippen LogP contribution in [0, 0.1) is 6.92 Å². The molecule has 0 spiro atoms. The number of anilines is 1. The molecule has 0 radical (unpaired) electrons. The smallest absolute Gasteiger partial charge is 0.341 e. The molecular weight excluding hydrogens is 390 g/mol. The fraction of sp³-hybridized carbons (Fsp3) is 0.136. The van der Waals surface area contributed by atoms with Gasteiger partial charge in [0.1, 0.15) is 10.6 Å². The second-order valence-corrected chi connectivity index (χ2v) is 7.12. The molecule has 7 heteroatoms. The topological polar surface area (TPSA) is 92.7 Å². The first-order valence-corrected chi connectivity index (χ1v) is 9.79. The van der Waals surface area contributed by atoms with Crippen molar-refractivity contribution in [3.8, 4) is 11.1 Å². The maximum atomic E-state index is 12.7. The van der Waals surface area contributed by atoms with Crippen molar-refractivity contribution in [2.45, 2.75) is 13.8 Å². The van der Waals surface area contributed by atoms with E-state index in [4.69, 9.17) is 4.74 Å². The Morgan fingerprint density at radius 2 is 1.69 bits per heavy atom. The Kier molecular flexibility index (Phi) is 6.09. The summed E-state index contributed by atoms with van der Waals surface area (Å²) in [5.41, 5.74) is 2.71. The van der Waals surface area contributed by atoms with Gasteiger partial charge in [-0.2, -0.15) is 0 Å². The summed E-state index contributed by atoms with van der Waals surface area (Å²) >= 11 is 1.19. The predicted molar refractivity (Wildman–Crippen MR) is 112 cm³/mol. The molecule has 1 aromatic heterocycles. The number of carboxylic acids is 1. The van der Waals surface area contributed by atoms with Crippen molar-refractivity contribution in [1.82, 2.24) is 0 Å². The highest BCUT2D eigenvalue weighted by Gasteiger charge is 2.24. The Morgan fingerprint density at radius 1 is 1.03 bits per heavy atom. The number of aromatic carboxylic acids is 1. The van der Waals surface area contributed by atoms with Crippen molar-refractivity contribution in [2.24, 2.45) is 0 Å². The third-order valence-electron chi connectivity index (χ3n) is 4.26. The summed E-state index contributed by atoms with van der Waals surface area (Å²) in [6, 6.07) is 13.6. The number of benzene rings is 2. The fourth-order valence-electron chi connectivity index (χ4n) is 2.84. The van der Waals surface area contributed by atoms with Crippen LogP contribution in [0.2, 0.25) is 0 Å². The largest absolute Gasteiger partial charge is 0.478 e. The molecular formula is C22H19NO5S. The molecule has 0 saturated carbocycles. The predicted octanol–water partition coefficient (Wildman–Crippen LogP) is 4.85. The molecule has 2 N–H and O–H groups in total. The number of carboxylic acid groups (broad SMARTS) is 1. The van der Waals surface area contributed by atoms with Crippen LogP contribution in [0.15, 0.2) is 53.9 Å². The number of rotatable bonds is 6. The minimum absolute atomic E-state index is 0.0140. The number of hydrogen-bond donors (Lipinski definition) is 2. The highest BCUT2D eigenvalue weighted by atomic mass is 32.1. The quantitative estimate of drug-likeness (QED) is 0.568. The van der Waals surface area contributed by atoms with E-state index >= 15 is 0 Å². The zero-order chi connectivity index (χ0) is 21.0. The Labute approximate surface area is 171 Å². The molecule has 0 aliphatic carbocycles. The number of amides is 1. The van der Waals surface area contributed by atoms with Gasteiger partial charge in [0.25, 0.3) is 5.91 Å². The number of aryl methyl sites for hydroxylation is 1. The van der Waals surface area contributed by atoms with Crippen LogP contribution in [0.3, 0.4) is 0 Å². The summed E-state index contributed by atoms with van der Waals surface area (Å²) in [4.78, 5) is 36.8. The van der Waals surface area contributed by atoms with Gasteiger partial charge in [0.15, 0.2) is 0 Å². The van der Waals surface area contributed by atoms with Crippen LogP contribution in [0.4, 0.5) is 5.00 Å². The molecule has 3 rings (SSSR count). The normalized spacial score (nSPS) is 10.4. The summed E-state index contributed by atoms with van der Waals surface area (Å²) in [5.74, 6) is -2.36. The van der Waals surface area contributed by atoms with Crippen LogP contribution < -0.4 is 5.32 Å². The standard InChI is InChI=1S/C22H19NO5S/c1-3-28-22(27)18-17(14-10-8-13(2)9-11-14)12-29-20(18)23-19(24)15-6-4-5-7-16(15)21(25)26/h4-12H,3H2,1-2H3,(H,23,24)(H,25,26). The number of nitrogens with one attached hydrogen (secondary N) is 1. The molecule has 2 aromatic carbocycles. The van der Waals surface area contributed by atoms with Crippen molar-refractivity contribution in [1.29, 1.82) is 0 Å². The number of hydrogen-bond acceptors (Lipinski definition) is 5. The van der Waals surface area contributed by atoms with Gasteiger partial charge in [-0.3, -0.25) is 4.79 Å². The maximum Gasteiger partial charge on any atom is 0.341 e. The third kappa shape index (κ3) is 4.35. The van der Waals surface area contributed by atoms with E-state index in [9.17, 15) is 19.5 Å². The van der Waals surface area contributed by atoms with E-state index in [1.165, 1.54) is 23.5 Å². The van der Waals surface area contributed by atoms with Crippen LogP contribution in [0.25, 0.3) is 11.1 Å². The Morgan fingerprint density at radius 3 is 2.31 bits per heavy atom. The zero-order valence-electron chi connectivity index (χ0n) is 15.9. The van der Waals surface area contributed by atoms with Crippen LogP contribution >= 0.6 is 11.3 Å². The van der Waals surface area contributed by atoms with Crippen molar-refractivity contribution < 1.29 is 24.2 Å². The van der Waals surface area contributed by atoms with Crippen LogP contribution in [-0.2, 0) is 4.74 Å². The second-order valence-electron chi connectivity index (χ2n) is 6.24. The molecule has 3 aromatic rings. The molecule has 0 fully saturated rings. The SMILES string of the molecule is CCOC(=O)c1c(-c2ccc(C)cc2)csc1NC(=O)c1ccccc1C(=O)O. The highest BCUT2D eigenvalue weighted by Crippen LogP contribution is 2.36. The third-order valence-corrected chi connectivity index (χ3v) is 5.16. The number of esters is 1. The van der Waals surface area contributed by atoms with E-state index in [-0.39, 0.29) is 23.3 Å². The van der Waals surface area contributed by atoms with E-state index in [1.807, 2.05) is 31.2 Å². The Hall–Kier alpha value is -3.45. The van der Waals surface area contributed by atoms with Gasteiger partial charge >= 0.3 is 11.9 Å². The summed E-state index contributed by atoms with van der Waals surface area (Å²) < 4.78 is 5.18.